The Morgan fingerprint density at radius 2 is 1.72 bits per heavy atom. The number of carbonyl (C=O) groups is 1. The molecular formula is C13H26N2O3. The zero-order chi connectivity index (χ0) is 14.0. The maximum atomic E-state index is 11.8. The maximum Gasteiger partial charge on any atom is 0.407 e. The van der Waals surface area contributed by atoms with Crippen LogP contribution in [0.5, 0.6) is 0 Å². The molecule has 1 saturated carbocycles. The fraction of sp³-hybridized carbons (Fsp3) is 0.923. The molecule has 5 heteroatoms. The summed E-state index contributed by atoms with van der Waals surface area (Å²) in [5.41, 5.74) is -0.463. The number of nitrogens with one attached hydrogen (secondary N) is 1. The quantitative estimate of drug-likeness (QED) is 0.611. The zero-order valence-electron chi connectivity index (χ0n) is 12.2. The molecule has 1 aliphatic rings. The van der Waals surface area contributed by atoms with Crippen molar-refractivity contribution in [1.82, 2.24) is 5.32 Å². The Hall–Kier alpha value is -0.810. The van der Waals surface area contributed by atoms with E-state index in [1.54, 1.807) is 14.1 Å². The number of hydrogen-bond acceptors (Lipinski definition) is 3. The first-order valence-electron chi connectivity index (χ1n) is 6.62. The molecule has 5 nitrogen and oxygen atoms in total. The molecule has 0 aliphatic heterocycles. The van der Waals surface area contributed by atoms with Gasteiger partial charge in [0, 0.05) is 18.9 Å². The van der Waals surface area contributed by atoms with E-state index in [9.17, 15) is 10.0 Å². The molecule has 0 saturated heterocycles. The number of amides is 1. The van der Waals surface area contributed by atoms with Crippen LogP contribution in [0.1, 0.15) is 46.5 Å². The van der Waals surface area contributed by atoms with Crippen molar-refractivity contribution >= 4 is 6.09 Å². The highest BCUT2D eigenvalue weighted by atomic mass is 16.6. The van der Waals surface area contributed by atoms with Gasteiger partial charge in [0.05, 0.1) is 20.1 Å². The lowest BCUT2D eigenvalue weighted by Gasteiger charge is -2.45. The standard InChI is InChI=1S/C13H26N2O3/c1-13(2,3)18-12(16)14-10-6-8-11(9-7-10)15(4,5)17/h10-11H,6-9H2,1-5H3,(H,14,16)/t10-,11-. The Kier molecular flexibility index (Phi) is 4.61. The Morgan fingerprint density at radius 1 is 1.22 bits per heavy atom. The van der Waals surface area contributed by atoms with Gasteiger partial charge in [0.1, 0.15) is 5.60 Å². The second kappa shape index (κ2) is 5.45. The minimum Gasteiger partial charge on any atom is -0.633 e. The molecule has 1 amide bonds. The largest absolute Gasteiger partial charge is 0.633 e. The maximum absolute atomic E-state index is 11.8. The average molecular weight is 258 g/mol. The van der Waals surface area contributed by atoms with Gasteiger partial charge >= 0.3 is 6.09 Å². The van der Waals surface area contributed by atoms with Crippen LogP contribution in [0.4, 0.5) is 4.79 Å². The number of ether oxygens (including phenoxy) is 1. The summed E-state index contributed by atoms with van der Waals surface area (Å²) in [4.78, 5) is 11.6. The van der Waals surface area contributed by atoms with Gasteiger partial charge in [-0.25, -0.2) is 4.79 Å². The Bertz CT molecular complexity index is 284. The van der Waals surface area contributed by atoms with Gasteiger partial charge < -0.3 is 19.9 Å². The number of hydrogen-bond donors (Lipinski definition) is 1. The molecule has 0 spiro atoms. The van der Waals surface area contributed by atoms with E-state index in [0.717, 1.165) is 25.7 Å². The summed E-state index contributed by atoms with van der Waals surface area (Å²) < 4.78 is 4.98. The lowest BCUT2D eigenvalue weighted by atomic mass is 9.90. The van der Waals surface area contributed by atoms with E-state index < -0.39 is 5.60 Å². The van der Waals surface area contributed by atoms with E-state index in [2.05, 4.69) is 5.32 Å². The van der Waals surface area contributed by atoms with Crippen LogP contribution in [0.3, 0.4) is 0 Å². The molecule has 0 radical (unpaired) electrons. The molecule has 0 aromatic carbocycles. The fourth-order valence-electron chi connectivity index (χ4n) is 2.32. The van der Waals surface area contributed by atoms with Crippen molar-refractivity contribution < 1.29 is 14.2 Å². The summed E-state index contributed by atoms with van der Waals surface area (Å²) in [6.07, 6.45) is 3.07. The van der Waals surface area contributed by atoms with E-state index >= 15 is 0 Å². The lowest BCUT2D eigenvalue weighted by Crippen LogP contribution is -2.49. The van der Waals surface area contributed by atoms with Crippen LogP contribution in [-0.2, 0) is 4.74 Å². The van der Waals surface area contributed by atoms with Gasteiger partial charge in [-0.1, -0.05) is 0 Å². The molecule has 0 unspecified atom stereocenters. The highest BCUT2D eigenvalue weighted by Gasteiger charge is 2.29. The molecule has 1 N–H and O–H groups in total. The van der Waals surface area contributed by atoms with Gasteiger partial charge in [0.25, 0.3) is 0 Å². The second-order valence-electron chi connectivity index (χ2n) is 6.59. The number of hydroxylamine groups is 3. The van der Waals surface area contributed by atoms with Gasteiger partial charge in [-0.15, -0.1) is 0 Å². The Labute approximate surface area is 110 Å². The number of rotatable bonds is 2. The molecule has 1 rings (SSSR count). The van der Waals surface area contributed by atoms with E-state index in [1.807, 2.05) is 20.8 Å². The predicted molar refractivity (Wildman–Crippen MR) is 70.9 cm³/mol. The van der Waals surface area contributed by atoms with Crippen molar-refractivity contribution in [2.75, 3.05) is 14.1 Å². The van der Waals surface area contributed by atoms with Crippen LogP contribution in [-0.4, -0.2) is 42.5 Å². The summed E-state index contributed by atoms with van der Waals surface area (Å²) >= 11 is 0. The average Bonchev–Trinajstić information content (AvgIpc) is 2.13. The zero-order valence-corrected chi connectivity index (χ0v) is 12.2. The van der Waals surface area contributed by atoms with Crippen molar-refractivity contribution in [2.24, 2.45) is 0 Å². The number of nitrogens with zero attached hydrogens (tertiary/aromatic N) is 1. The molecule has 0 bridgehead atoms. The summed E-state index contributed by atoms with van der Waals surface area (Å²) in [5, 5.41) is 14.7. The summed E-state index contributed by atoms with van der Waals surface area (Å²) in [6, 6.07) is 0.296. The van der Waals surface area contributed by atoms with Gasteiger partial charge in [0.2, 0.25) is 0 Å². The molecule has 0 heterocycles. The molecular weight excluding hydrogens is 232 g/mol. The van der Waals surface area contributed by atoms with Gasteiger partial charge in [-0.05, 0) is 33.6 Å². The third-order valence-electron chi connectivity index (χ3n) is 3.30. The second-order valence-corrected chi connectivity index (χ2v) is 6.59. The number of alkyl carbamates (subject to hydrolysis) is 1. The Morgan fingerprint density at radius 3 is 2.11 bits per heavy atom. The first kappa shape index (κ1) is 15.2. The summed E-state index contributed by atoms with van der Waals surface area (Å²) in [6.45, 7) is 5.54. The van der Waals surface area contributed by atoms with Crippen LogP contribution >= 0.6 is 0 Å². The minimum absolute atomic E-state index is 0.141. The topological polar surface area (TPSA) is 61.4 Å². The van der Waals surface area contributed by atoms with Crippen LogP contribution in [0.2, 0.25) is 0 Å². The first-order chi connectivity index (χ1) is 8.08. The van der Waals surface area contributed by atoms with Crippen molar-refractivity contribution in [3.63, 3.8) is 0 Å². The predicted octanol–water partition coefficient (Wildman–Crippen LogP) is 2.40. The highest BCUT2D eigenvalue weighted by molar-refractivity contribution is 5.68. The first-order valence-corrected chi connectivity index (χ1v) is 6.62. The SMILES string of the molecule is CC(C)(C)OC(=O)N[C@H]1CC[C@H]([N+](C)(C)[O-])CC1. The molecule has 106 valence electrons. The van der Waals surface area contributed by atoms with Gasteiger partial charge in [-0.2, -0.15) is 0 Å². The van der Waals surface area contributed by atoms with Crippen LogP contribution in [0.25, 0.3) is 0 Å². The Balaban J connectivity index is 2.34. The third kappa shape index (κ3) is 5.23. The molecule has 1 aliphatic carbocycles. The fourth-order valence-corrected chi connectivity index (χ4v) is 2.32. The summed E-state index contributed by atoms with van der Waals surface area (Å²) in [5.74, 6) is 0. The third-order valence-corrected chi connectivity index (χ3v) is 3.30. The van der Waals surface area contributed by atoms with Gasteiger partial charge in [0.15, 0.2) is 0 Å². The molecule has 0 atom stereocenters. The van der Waals surface area contributed by atoms with Crippen LogP contribution < -0.4 is 5.32 Å². The van der Waals surface area contributed by atoms with Crippen molar-refractivity contribution in [3.8, 4) is 0 Å². The summed E-state index contributed by atoms with van der Waals surface area (Å²) in [7, 11) is 3.37. The smallest absolute Gasteiger partial charge is 0.407 e. The lowest BCUT2D eigenvalue weighted by molar-refractivity contribution is -0.868. The van der Waals surface area contributed by atoms with Crippen LogP contribution in [0, 0.1) is 5.21 Å². The van der Waals surface area contributed by atoms with Crippen LogP contribution in [0.15, 0.2) is 0 Å². The molecule has 1 fully saturated rings. The number of quaternary nitrogens is 1. The normalized spacial score (nSPS) is 25.7. The van der Waals surface area contributed by atoms with Gasteiger partial charge in [-0.3, -0.25) is 0 Å². The van der Waals surface area contributed by atoms with E-state index in [1.165, 1.54) is 0 Å². The van der Waals surface area contributed by atoms with E-state index in [4.69, 9.17) is 4.74 Å². The molecule has 0 aromatic heterocycles. The van der Waals surface area contributed by atoms with Crippen molar-refractivity contribution in [2.45, 2.75) is 64.1 Å². The number of carbonyl (C=O) groups excluding carboxylic acids is 1. The minimum atomic E-state index is -0.463. The van der Waals surface area contributed by atoms with Crippen molar-refractivity contribution in [3.05, 3.63) is 5.21 Å². The highest BCUT2D eigenvalue weighted by Crippen LogP contribution is 2.25. The monoisotopic (exact) mass is 258 g/mol. The van der Waals surface area contributed by atoms with Crippen molar-refractivity contribution in [1.29, 1.82) is 0 Å². The molecule has 18 heavy (non-hydrogen) atoms. The van der Waals surface area contributed by atoms with E-state index in [-0.39, 0.29) is 22.8 Å². The molecule has 0 aromatic rings. The van der Waals surface area contributed by atoms with E-state index in [0.29, 0.717) is 0 Å².